The zero-order valence-electron chi connectivity index (χ0n) is 14.7. The molecule has 5 nitrogen and oxygen atoms in total. The molecule has 1 aliphatic rings. The maximum Gasteiger partial charge on any atom is 1.00 e. The minimum atomic E-state index is -1.29. The molecule has 0 atom stereocenters. The number of hydrogen-bond donors (Lipinski definition) is 1. The van der Waals surface area contributed by atoms with Gasteiger partial charge in [0.05, 0.1) is 11.2 Å². The molecule has 1 N–H and O–H groups in total. The predicted octanol–water partition coefficient (Wildman–Crippen LogP) is -0.472. The summed E-state index contributed by atoms with van der Waals surface area (Å²) in [5.41, 5.74) is 0.0670. The van der Waals surface area contributed by atoms with Crippen molar-refractivity contribution in [1.82, 2.24) is 4.57 Å². The largest absolute Gasteiger partial charge is 1.00 e. The minimum absolute atomic E-state index is 0. The van der Waals surface area contributed by atoms with Crippen LogP contribution in [-0.4, -0.2) is 40.2 Å². The van der Waals surface area contributed by atoms with Gasteiger partial charge in [0.15, 0.2) is 0 Å². The number of pyridine rings is 1. The first-order chi connectivity index (χ1) is 11.0. The molecule has 8 heteroatoms. The number of anilines is 1. The van der Waals surface area contributed by atoms with E-state index in [1.165, 1.54) is 12.3 Å². The molecule has 0 radical (unpaired) electrons. The van der Waals surface area contributed by atoms with Crippen LogP contribution < -0.4 is 61.7 Å². The molecule has 1 aromatic heterocycles. The second kappa shape index (κ2) is 8.33. The fourth-order valence-electron chi connectivity index (χ4n) is 2.86. The van der Waals surface area contributed by atoms with Gasteiger partial charge < -0.3 is 16.0 Å². The normalized spacial score (nSPS) is 14.5. The van der Waals surface area contributed by atoms with Crippen LogP contribution in [0.25, 0.3) is 10.9 Å². The number of aromatic nitrogens is 1. The number of halogens is 1. The smallest absolute Gasteiger partial charge is 1.00 e. The van der Waals surface area contributed by atoms with E-state index in [4.69, 9.17) is 5.11 Å². The van der Waals surface area contributed by atoms with Gasteiger partial charge in [-0.05, 0) is 19.1 Å². The van der Waals surface area contributed by atoms with Crippen molar-refractivity contribution in [2.24, 2.45) is 0 Å². The predicted molar refractivity (Wildman–Crippen MR) is 91.4 cm³/mol. The molecule has 124 valence electrons. The van der Waals surface area contributed by atoms with Crippen molar-refractivity contribution in [3.8, 4) is 0 Å². The number of aryl methyl sites for hydroxylation is 1. The molecule has 0 unspecified atom stereocenters. The SMILES string of the molecule is CCn1cc(C(=O)O)c(=O)c2cc(F)c(N3CCSCC3)cc21.[H-].[K+]. The summed E-state index contributed by atoms with van der Waals surface area (Å²) in [6, 6.07) is 2.84. The number of aromatic carboxylic acids is 1. The molecular weight excluding hydrogens is 358 g/mol. The molecule has 1 fully saturated rings. The van der Waals surface area contributed by atoms with Crippen LogP contribution in [0.1, 0.15) is 18.7 Å². The Morgan fingerprint density at radius 1 is 1.38 bits per heavy atom. The third kappa shape index (κ3) is 3.73. The topological polar surface area (TPSA) is 62.5 Å². The van der Waals surface area contributed by atoms with E-state index in [0.29, 0.717) is 17.7 Å². The molecule has 2 aromatic rings. The molecular formula is C16H18FKN2O3S. The first-order valence-electron chi connectivity index (χ1n) is 7.45. The van der Waals surface area contributed by atoms with Crippen LogP contribution in [0.2, 0.25) is 0 Å². The van der Waals surface area contributed by atoms with Gasteiger partial charge in [-0.2, -0.15) is 11.8 Å². The number of benzene rings is 1. The summed E-state index contributed by atoms with van der Waals surface area (Å²) >= 11 is 1.83. The van der Waals surface area contributed by atoms with Gasteiger partial charge in [-0.15, -0.1) is 0 Å². The summed E-state index contributed by atoms with van der Waals surface area (Å²) in [6.07, 6.45) is 1.33. The Hall–Kier alpha value is -0.384. The Labute approximate surface area is 187 Å². The van der Waals surface area contributed by atoms with Crippen molar-refractivity contribution in [2.75, 3.05) is 29.5 Å². The van der Waals surface area contributed by atoms with Crippen molar-refractivity contribution in [1.29, 1.82) is 0 Å². The number of carbonyl (C=O) groups is 1. The summed E-state index contributed by atoms with van der Waals surface area (Å²) in [5, 5.41) is 9.27. The van der Waals surface area contributed by atoms with Crippen LogP contribution in [0, 0.1) is 5.82 Å². The second-order valence-electron chi connectivity index (χ2n) is 5.38. The van der Waals surface area contributed by atoms with E-state index in [0.717, 1.165) is 24.6 Å². The first kappa shape index (κ1) is 19.9. The number of thioether (sulfide) groups is 1. The fraction of sp³-hybridized carbons (Fsp3) is 0.375. The van der Waals surface area contributed by atoms with Crippen molar-refractivity contribution in [2.45, 2.75) is 13.5 Å². The molecule has 3 rings (SSSR count). The zero-order chi connectivity index (χ0) is 16.6. The van der Waals surface area contributed by atoms with Gasteiger partial charge in [0.2, 0.25) is 5.43 Å². The molecule has 1 aliphatic heterocycles. The molecule has 24 heavy (non-hydrogen) atoms. The summed E-state index contributed by atoms with van der Waals surface area (Å²) in [7, 11) is 0. The van der Waals surface area contributed by atoms with Crippen LogP contribution >= 0.6 is 11.8 Å². The van der Waals surface area contributed by atoms with E-state index >= 15 is 0 Å². The maximum absolute atomic E-state index is 14.5. The zero-order valence-corrected chi connectivity index (χ0v) is 17.7. The molecule has 0 spiro atoms. The Bertz CT molecular complexity index is 840. The third-order valence-corrected chi connectivity index (χ3v) is 5.01. The Kier molecular flexibility index (Phi) is 6.92. The van der Waals surface area contributed by atoms with Gasteiger partial charge >= 0.3 is 57.4 Å². The van der Waals surface area contributed by atoms with E-state index in [2.05, 4.69) is 0 Å². The first-order valence-corrected chi connectivity index (χ1v) is 8.61. The second-order valence-corrected chi connectivity index (χ2v) is 6.61. The average molecular weight is 376 g/mol. The van der Waals surface area contributed by atoms with Crippen molar-refractivity contribution >= 4 is 34.3 Å². The Balaban J connectivity index is 0.00000156. The number of nitrogens with zero attached hydrogens (tertiary/aromatic N) is 2. The number of hydrogen-bond acceptors (Lipinski definition) is 4. The van der Waals surface area contributed by atoms with Gasteiger partial charge in [0, 0.05) is 42.7 Å². The van der Waals surface area contributed by atoms with Crippen LogP contribution in [0.5, 0.6) is 0 Å². The van der Waals surface area contributed by atoms with Crippen molar-refractivity contribution in [3.05, 3.63) is 39.9 Å². The van der Waals surface area contributed by atoms with Crippen LogP contribution in [-0.2, 0) is 6.54 Å². The molecule has 0 saturated carbocycles. The van der Waals surface area contributed by atoms with Gasteiger partial charge in [0.1, 0.15) is 11.4 Å². The summed E-state index contributed by atoms with van der Waals surface area (Å²) in [5.74, 6) is 0.106. The van der Waals surface area contributed by atoms with E-state index in [9.17, 15) is 14.0 Å². The summed E-state index contributed by atoms with van der Waals surface area (Å²) in [6.45, 7) is 3.88. The molecule has 0 bridgehead atoms. The van der Waals surface area contributed by atoms with E-state index < -0.39 is 17.2 Å². The van der Waals surface area contributed by atoms with Crippen molar-refractivity contribution < 1.29 is 67.1 Å². The van der Waals surface area contributed by atoms with Gasteiger partial charge in [-0.25, -0.2) is 9.18 Å². The Morgan fingerprint density at radius 3 is 2.62 bits per heavy atom. The number of rotatable bonds is 3. The quantitative estimate of drug-likeness (QED) is 0.734. The van der Waals surface area contributed by atoms with Crippen molar-refractivity contribution in [3.63, 3.8) is 0 Å². The van der Waals surface area contributed by atoms with E-state index in [1.54, 1.807) is 10.6 Å². The van der Waals surface area contributed by atoms with E-state index in [1.807, 2.05) is 23.6 Å². The van der Waals surface area contributed by atoms with Crippen LogP contribution in [0.15, 0.2) is 23.1 Å². The third-order valence-electron chi connectivity index (χ3n) is 4.07. The van der Waals surface area contributed by atoms with Crippen LogP contribution in [0.3, 0.4) is 0 Å². The number of fused-ring (bicyclic) bond motifs is 1. The summed E-state index contributed by atoms with van der Waals surface area (Å²) in [4.78, 5) is 25.5. The van der Waals surface area contributed by atoms with Gasteiger partial charge in [-0.3, -0.25) is 4.79 Å². The summed E-state index contributed by atoms with van der Waals surface area (Å²) < 4.78 is 16.2. The van der Waals surface area contributed by atoms with Gasteiger partial charge in [-0.1, -0.05) is 0 Å². The minimum Gasteiger partial charge on any atom is -1.00 e. The van der Waals surface area contributed by atoms with E-state index in [-0.39, 0.29) is 63.8 Å². The van der Waals surface area contributed by atoms with Crippen LogP contribution in [0.4, 0.5) is 10.1 Å². The monoisotopic (exact) mass is 376 g/mol. The molecule has 0 aliphatic carbocycles. The molecule has 1 saturated heterocycles. The fourth-order valence-corrected chi connectivity index (χ4v) is 3.76. The number of carboxylic acids is 1. The molecule has 1 aromatic carbocycles. The maximum atomic E-state index is 14.5. The average Bonchev–Trinajstić information content (AvgIpc) is 2.55. The van der Waals surface area contributed by atoms with Gasteiger partial charge in [0.25, 0.3) is 0 Å². The molecule has 0 amide bonds. The number of carboxylic acid groups (broad SMARTS) is 1. The molecule has 2 heterocycles. The Morgan fingerprint density at radius 2 is 2.04 bits per heavy atom. The standard InChI is InChI=1S/C16H17FN2O3S.K.H/c1-2-18-9-11(16(21)22)15(20)10-7-12(17)14(8-13(10)18)19-3-5-23-6-4-19;;/h7-9H,2-6H2,1H3,(H,21,22);;/q;+1;-1.